The summed E-state index contributed by atoms with van der Waals surface area (Å²) >= 11 is 0. The molecule has 1 heterocycles. The van der Waals surface area contributed by atoms with Crippen LogP contribution < -0.4 is 10.0 Å². The Bertz CT molecular complexity index is 1350. The number of hydrogen-bond donors (Lipinski definition) is 1. The Labute approximate surface area is 184 Å². The van der Waals surface area contributed by atoms with Gasteiger partial charge in [0.25, 0.3) is 5.91 Å². The third kappa shape index (κ3) is 4.76. The van der Waals surface area contributed by atoms with Crippen molar-refractivity contribution >= 4 is 27.0 Å². The van der Waals surface area contributed by atoms with Crippen LogP contribution in [-0.2, 0) is 23.0 Å². The molecule has 0 aliphatic rings. The molecule has 0 atom stereocenters. The van der Waals surface area contributed by atoms with Gasteiger partial charge in [-0.1, -0.05) is 42.5 Å². The van der Waals surface area contributed by atoms with Gasteiger partial charge in [-0.25, -0.2) is 13.6 Å². The molecule has 0 bridgehead atoms. The molecule has 0 aliphatic heterocycles. The van der Waals surface area contributed by atoms with Crippen LogP contribution in [0.4, 0.5) is 0 Å². The molecule has 0 saturated carbocycles. The van der Waals surface area contributed by atoms with Crippen LogP contribution in [0.5, 0.6) is 0 Å². The van der Waals surface area contributed by atoms with Gasteiger partial charge < -0.3 is 10.1 Å². The Hall–Kier alpha value is -3.76. The second kappa shape index (κ2) is 8.77. The SMILES string of the molecule is NS(=O)(=O)c1ccc(CCN(Cc2ccccc2)C(=O)c2ccc3c(c2)no[n+]3[O-])cc1. The molecule has 32 heavy (non-hydrogen) atoms. The first kappa shape index (κ1) is 21.5. The topological polar surface area (TPSA) is 133 Å². The van der Waals surface area contributed by atoms with E-state index in [0.717, 1.165) is 11.1 Å². The van der Waals surface area contributed by atoms with Gasteiger partial charge in [0.15, 0.2) is 0 Å². The third-order valence-electron chi connectivity index (χ3n) is 5.06. The number of fused-ring (bicyclic) bond motifs is 1. The zero-order valence-corrected chi connectivity index (χ0v) is 17.7. The lowest BCUT2D eigenvalue weighted by molar-refractivity contribution is -0.782. The maximum absolute atomic E-state index is 13.3. The summed E-state index contributed by atoms with van der Waals surface area (Å²) in [5.41, 5.74) is 2.75. The summed E-state index contributed by atoms with van der Waals surface area (Å²) in [5.74, 6) is -0.225. The standard InChI is InChI=1S/C22H20N4O5S/c23-32(29,30)19-9-6-16(7-10-19)12-13-25(15-17-4-2-1-3-5-17)22(27)18-8-11-21-20(14-18)24-31-26(21)28/h1-11,14H,12-13,15H2,(H2,23,29,30). The summed E-state index contributed by atoms with van der Waals surface area (Å²) in [6.07, 6.45) is 0.510. The number of hydrogen-bond acceptors (Lipinski definition) is 6. The molecule has 0 fully saturated rings. The first-order chi connectivity index (χ1) is 15.3. The fraction of sp³-hybridized carbons (Fsp3) is 0.136. The highest BCUT2D eigenvalue weighted by Gasteiger charge is 2.19. The molecular weight excluding hydrogens is 432 g/mol. The van der Waals surface area contributed by atoms with Crippen molar-refractivity contribution in [1.82, 2.24) is 10.1 Å². The average Bonchev–Trinajstić information content (AvgIpc) is 3.16. The van der Waals surface area contributed by atoms with Crippen molar-refractivity contribution in [1.29, 1.82) is 0 Å². The van der Waals surface area contributed by atoms with Crippen LogP contribution in [0.15, 0.2) is 82.3 Å². The number of nitrogens with two attached hydrogens (primary N) is 1. The number of rotatable bonds is 7. The maximum Gasteiger partial charge on any atom is 0.254 e. The van der Waals surface area contributed by atoms with Crippen molar-refractivity contribution in [3.63, 3.8) is 0 Å². The molecular formula is C22H20N4O5S. The van der Waals surface area contributed by atoms with Gasteiger partial charge in [0, 0.05) is 29.9 Å². The number of amides is 1. The van der Waals surface area contributed by atoms with Gasteiger partial charge in [-0.15, -0.1) is 0 Å². The number of aromatic nitrogens is 2. The number of primary sulfonamides is 1. The van der Waals surface area contributed by atoms with Crippen molar-refractivity contribution in [2.75, 3.05) is 6.54 Å². The Morgan fingerprint density at radius 3 is 2.44 bits per heavy atom. The van der Waals surface area contributed by atoms with Gasteiger partial charge in [0.2, 0.25) is 21.1 Å². The van der Waals surface area contributed by atoms with E-state index >= 15 is 0 Å². The van der Waals surface area contributed by atoms with E-state index in [9.17, 15) is 18.4 Å². The lowest BCUT2D eigenvalue weighted by Crippen LogP contribution is -2.32. The molecule has 0 saturated heterocycles. The van der Waals surface area contributed by atoms with E-state index in [4.69, 9.17) is 5.14 Å². The average molecular weight is 452 g/mol. The molecule has 9 nitrogen and oxygen atoms in total. The number of carbonyl (C=O) groups excluding carboxylic acids is 1. The van der Waals surface area contributed by atoms with Crippen molar-refractivity contribution in [2.24, 2.45) is 5.14 Å². The second-order valence-electron chi connectivity index (χ2n) is 7.28. The maximum atomic E-state index is 13.3. The van der Waals surface area contributed by atoms with Gasteiger partial charge in [0.05, 0.1) is 4.90 Å². The van der Waals surface area contributed by atoms with Gasteiger partial charge in [-0.05, 0) is 46.7 Å². The lowest BCUT2D eigenvalue weighted by atomic mass is 10.1. The van der Waals surface area contributed by atoms with E-state index < -0.39 is 10.0 Å². The summed E-state index contributed by atoms with van der Waals surface area (Å²) < 4.78 is 27.5. The fourth-order valence-corrected chi connectivity index (χ4v) is 3.87. The Morgan fingerprint density at radius 2 is 1.75 bits per heavy atom. The minimum Gasteiger partial charge on any atom is -0.359 e. The first-order valence-electron chi connectivity index (χ1n) is 9.76. The number of carbonyl (C=O) groups is 1. The third-order valence-corrected chi connectivity index (χ3v) is 5.99. The minimum absolute atomic E-state index is 0.0370. The van der Waals surface area contributed by atoms with Crippen LogP contribution in [0, 0.1) is 5.21 Å². The largest absolute Gasteiger partial charge is 0.359 e. The van der Waals surface area contributed by atoms with E-state index in [1.165, 1.54) is 24.3 Å². The minimum atomic E-state index is -3.76. The molecule has 2 N–H and O–H groups in total. The normalized spacial score (nSPS) is 11.5. The van der Waals surface area contributed by atoms with Crippen molar-refractivity contribution in [2.45, 2.75) is 17.9 Å². The van der Waals surface area contributed by atoms with Crippen LogP contribution in [0.25, 0.3) is 11.0 Å². The first-order valence-corrected chi connectivity index (χ1v) is 11.3. The van der Waals surface area contributed by atoms with Crippen LogP contribution >= 0.6 is 0 Å². The van der Waals surface area contributed by atoms with E-state index in [1.807, 2.05) is 30.3 Å². The zero-order valence-electron chi connectivity index (χ0n) is 16.9. The number of benzene rings is 3. The fourth-order valence-electron chi connectivity index (χ4n) is 3.36. The van der Waals surface area contributed by atoms with E-state index in [1.54, 1.807) is 23.1 Å². The Kier molecular flexibility index (Phi) is 5.89. The van der Waals surface area contributed by atoms with Gasteiger partial charge >= 0.3 is 0 Å². The van der Waals surface area contributed by atoms with Crippen molar-refractivity contribution in [3.8, 4) is 0 Å². The molecule has 164 valence electrons. The summed E-state index contributed by atoms with van der Waals surface area (Å²) in [6, 6.07) is 20.4. The second-order valence-corrected chi connectivity index (χ2v) is 8.85. The smallest absolute Gasteiger partial charge is 0.254 e. The number of sulfonamides is 1. The molecule has 0 spiro atoms. The lowest BCUT2D eigenvalue weighted by Gasteiger charge is -2.23. The molecule has 0 radical (unpaired) electrons. The monoisotopic (exact) mass is 452 g/mol. The summed E-state index contributed by atoms with van der Waals surface area (Å²) in [4.78, 5) is 15.3. The van der Waals surface area contributed by atoms with Gasteiger partial charge in [0.1, 0.15) is 0 Å². The van der Waals surface area contributed by atoms with E-state index in [2.05, 4.69) is 9.79 Å². The number of nitrogens with zero attached hydrogens (tertiary/aromatic N) is 3. The molecule has 4 rings (SSSR count). The molecule has 10 heteroatoms. The van der Waals surface area contributed by atoms with Crippen molar-refractivity contribution < 1.29 is 22.7 Å². The highest BCUT2D eigenvalue weighted by molar-refractivity contribution is 7.89. The quantitative estimate of drug-likeness (QED) is 0.426. The summed E-state index contributed by atoms with van der Waals surface area (Å²) in [7, 11) is -3.76. The van der Waals surface area contributed by atoms with Crippen LogP contribution in [-0.4, -0.2) is 30.9 Å². The Morgan fingerprint density at radius 1 is 1.03 bits per heavy atom. The van der Waals surface area contributed by atoms with Gasteiger partial charge in [-0.2, -0.15) is 0 Å². The highest BCUT2D eigenvalue weighted by Crippen LogP contribution is 2.16. The molecule has 0 aliphatic carbocycles. The van der Waals surface area contributed by atoms with Crippen LogP contribution in [0.1, 0.15) is 21.5 Å². The highest BCUT2D eigenvalue weighted by atomic mass is 32.2. The Balaban J connectivity index is 1.56. The zero-order chi connectivity index (χ0) is 22.7. The van der Waals surface area contributed by atoms with Crippen LogP contribution in [0.2, 0.25) is 0 Å². The predicted octanol–water partition coefficient (Wildman–Crippen LogP) is 1.99. The molecule has 4 aromatic rings. The van der Waals surface area contributed by atoms with E-state index in [0.29, 0.717) is 30.6 Å². The molecule has 3 aromatic carbocycles. The van der Waals surface area contributed by atoms with E-state index in [-0.39, 0.29) is 21.2 Å². The van der Waals surface area contributed by atoms with Crippen molar-refractivity contribution in [3.05, 3.63) is 94.7 Å². The molecule has 1 amide bonds. The predicted molar refractivity (Wildman–Crippen MR) is 116 cm³/mol. The summed E-state index contributed by atoms with van der Waals surface area (Å²) in [5, 5.41) is 20.3. The van der Waals surface area contributed by atoms with Gasteiger partial charge in [-0.3, -0.25) is 9.42 Å². The molecule has 1 aromatic heterocycles. The van der Waals surface area contributed by atoms with Crippen LogP contribution in [0.3, 0.4) is 0 Å². The summed E-state index contributed by atoms with van der Waals surface area (Å²) in [6.45, 7) is 0.772. The molecule has 0 unspecified atom stereocenters.